The van der Waals surface area contributed by atoms with Crippen molar-refractivity contribution in [1.29, 1.82) is 0 Å². The van der Waals surface area contributed by atoms with Gasteiger partial charge in [-0.15, -0.1) is 0 Å². The van der Waals surface area contributed by atoms with E-state index in [2.05, 4.69) is 34.0 Å². The van der Waals surface area contributed by atoms with Crippen LogP contribution in [0, 0.1) is 5.82 Å². The Bertz CT molecular complexity index is 470. The van der Waals surface area contributed by atoms with Crippen LogP contribution in [-0.4, -0.2) is 14.8 Å². The third-order valence-corrected chi connectivity index (χ3v) is 2.69. The summed E-state index contributed by atoms with van der Waals surface area (Å²) in [7, 11) is 0. The smallest absolute Gasteiger partial charge is 0.229 e. The number of nitrogens with one attached hydrogen (secondary N) is 1. The fourth-order valence-corrected chi connectivity index (χ4v) is 1.82. The largest absolute Gasteiger partial charge is 0.329 e. The molecule has 0 saturated carbocycles. The standard InChI is InChI=1S/C10H11FN4S/c1-6(2)8-4-3-7(11)5-9(8)12-10-13-14-15-16-10/h3-6H,1-2H3,(H,12,13,15). The van der Waals surface area contributed by atoms with Gasteiger partial charge in [0.2, 0.25) is 5.13 Å². The lowest BCUT2D eigenvalue weighted by Crippen LogP contribution is -1.98. The second-order valence-corrected chi connectivity index (χ2v) is 4.41. The van der Waals surface area contributed by atoms with Gasteiger partial charge in [0.25, 0.3) is 0 Å². The van der Waals surface area contributed by atoms with E-state index in [-0.39, 0.29) is 5.82 Å². The molecule has 0 aliphatic carbocycles. The van der Waals surface area contributed by atoms with Crippen LogP contribution in [0.5, 0.6) is 0 Å². The van der Waals surface area contributed by atoms with Gasteiger partial charge in [0.05, 0.1) is 0 Å². The van der Waals surface area contributed by atoms with Gasteiger partial charge in [0, 0.05) is 17.2 Å². The van der Waals surface area contributed by atoms with Gasteiger partial charge >= 0.3 is 0 Å². The quantitative estimate of drug-likeness (QED) is 0.893. The first-order valence-corrected chi connectivity index (χ1v) is 5.65. The number of rotatable bonds is 3. The minimum absolute atomic E-state index is 0.274. The Hall–Kier alpha value is -1.56. The fraction of sp³-hybridized carbons (Fsp3) is 0.300. The highest BCUT2D eigenvalue weighted by Gasteiger charge is 2.09. The van der Waals surface area contributed by atoms with Crippen LogP contribution < -0.4 is 5.32 Å². The lowest BCUT2D eigenvalue weighted by atomic mass is 10.0. The summed E-state index contributed by atoms with van der Waals surface area (Å²) < 4.78 is 16.8. The molecule has 1 aromatic carbocycles. The predicted octanol–water partition coefficient (Wildman–Crippen LogP) is 2.94. The Morgan fingerprint density at radius 1 is 1.38 bits per heavy atom. The van der Waals surface area contributed by atoms with Crippen LogP contribution in [0.2, 0.25) is 0 Å². The summed E-state index contributed by atoms with van der Waals surface area (Å²) in [5, 5.41) is 10.8. The zero-order valence-electron chi connectivity index (χ0n) is 8.94. The highest BCUT2D eigenvalue weighted by Crippen LogP contribution is 2.27. The third kappa shape index (κ3) is 2.33. The van der Waals surface area contributed by atoms with Crippen LogP contribution in [0.15, 0.2) is 18.2 Å². The summed E-state index contributed by atoms with van der Waals surface area (Å²) in [6.07, 6.45) is 0. The molecule has 2 rings (SSSR count). The summed E-state index contributed by atoms with van der Waals surface area (Å²) in [6, 6.07) is 4.69. The molecule has 4 nitrogen and oxygen atoms in total. The molecular weight excluding hydrogens is 227 g/mol. The fourth-order valence-electron chi connectivity index (χ4n) is 1.44. The molecule has 0 spiro atoms. The van der Waals surface area contributed by atoms with Crippen molar-refractivity contribution in [2.45, 2.75) is 19.8 Å². The monoisotopic (exact) mass is 238 g/mol. The lowest BCUT2D eigenvalue weighted by Gasteiger charge is -2.12. The zero-order valence-corrected chi connectivity index (χ0v) is 9.75. The minimum atomic E-state index is -0.274. The number of nitrogens with zero attached hydrogens (tertiary/aromatic N) is 3. The molecule has 0 atom stereocenters. The highest BCUT2D eigenvalue weighted by atomic mass is 32.1. The number of hydrogen-bond donors (Lipinski definition) is 1. The second-order valence-electron chi connectivity index (χ2n) is 3.68. The van der Waals surface area contributed by atoms with Gasteiger partial charge in [-0.2, -0.15) is 0 Å². The van der Waals surface area contributed by atoms with Crippen LogP contribution in [0.1, 0.15) is 25.3 Å². The zero-order chi connectivity index (χ0) is 11.5. The van der Waals surface area contributed by atoms with Gasteiger partial charge in [-0.3, -0.25) is 0 Å². The Labute approximate surface area is 96.7 Å². The first-order valence-electron chi connectivity index (χ1n) is 4.88. The number of halogens is 1. The van der Waals surface area contributed by atoms with Crippen LogP contribution in [0.3, 0.4) is 0 Å². The average Bonchev–Trinajstić information content (AvgIpc) is 2.70. The maximum absolute atomic E-state index is 13.2. The summed E-state index contributed by atoms with van der Waals surface area (Å²) in [4.78, 5) is 0. The van der Waals surface area contributed by atoms with Crippen molar-refractivity contribution in [2.75, 3.05) is 5.32 Å². The van der Waals surface area contributed by atoms with Gasteiger partial charge in [0.15, 0.2) is 0 Å². The van der Waals surface area contributed by atoms with Crippen molar-refractivity contribution in [2.24, 2.45) is 0 Å². The molecule has 6 heteroatoms. The maximum Gasteiger partial charge on any atom is 0.229 e. The predicted molar refractivity (Wildman–Crippen MR) is 61.5 cm³/mol. The second kappa shape index (κ2) is 4.52. The molecule has 0 radical (unpaired) electrons. The van der Waals surface area contributed by atoms with Crippen molar-refractivity contribution < 1.29 is 4.39 Å². The molecule has 0 unspecified atom stereocenters. The molecule has 0 saturated heterocycles. The van der Waals surface area contributed by atoms with Crippen LogP contribution in [-0.2, 0) is 0 Å². The maximum atomic E-state index is 13.2. The molecule has 84 valence electrons. The van der Waals surface area contributed by atoms with Crippen LogP contribution >= 0.6 is 11.5 Å². The Morgan fingerprint density at radius 2 is 2.19 bits per heavy atom. The van der Waals surface area contributed by atoms with E-state index in [1.54, 1.807) is 6.07 Å². The van der Waals surface area contributed by atoms with E-state index in [4.69, 9.17) is 0 Å². The SMILES string of the molecule is CC(C)c1ccc(F)cc1Nc1nnns1. The number of benzene rings is 1. The molecular formula is C10H11FN4S. The summed E-state index contributed by atoms with van der Waals surface area (Å²) in [5.41, 5.74) is 1.75. The van der Waals surface area contributed by atoms with E-state index in [9.17, 15) is 4.39 Å². The molecule has 16 heavy (non-hydrogen) atoms. The molecule has 0 bridgehead atoms. The molecule has 1 N–H and O–H groups in total. The molecule has 1 heterocycles. The molecule has 0 amide bonds. The number of aromatic nitrogens is 3. The van der Waals surface area contributed by atoms with Crippen molar-refractivity contribution in [3.05, 3.63) is 29.6 Å². The molecule has 2 aromatic rings. The minimum Gasteiger partial charge on any atom is -0.329 e. The number of anilines is 2. The first-order chi connectivity index (χ1) is 7.66. The third-order valence-electron chi connectivity index (χ3n) is 2.18. The van der Waals surface area contributed by atoms with E-state index < -0.39 is 0 Å². The van der Waals surface area contributed by atoms with Crippen molar-refractivity contribution in [1.82, 2.24) is 14.8 Å². The van der Waals surface area contributed by atoms with Gasteiger partial charge < -0.3 is 5.32 Å². The Morgan fingerprint density at radius 3 is 2.81 bits per heavy atom. The number of hydrogen-bond acceptors (Lipinski definition) is 5. The normalized spacial score (nSPS) is 10.8. The van der Waals surface area contributed by atoms with Gasteiger partial charge in [0.1, 0.15) is 5.82 Å². The van der Waals surface area contributed by atoms with Gasteiger partial charge in [-0.05, 0) is 28.8 Å². The molecule has 0 fully saturated rings. The van der Waals surface area contributed by atoms with E-state index in [1.165, 1.54) is 12.1 Å². The van der Waals surface area contributed by atoms with Crippen LogP contribution in [0.25, 0.3) is 0 Å². The summed E-state index contributed by atoms with van der Waals surface area (Å²) >= 11 is 1.14. The van der Waals surface area contributed by atoms with Crippen LogP contribution in [0.4, 0.5) is 15.2 Å². The van der Waals surface area contributed by atoms with Crippen molar-refractivity contribution in [3.8, 4) is 0 Å². The topological polar surface area (TPSA) is 50.7 Å². The lowest BCUT2D eigenvalue weighted by molar-refractivity contribution is 0.627. The average molecular weight is 238 g/mol. The molecule has 1 aromatic heterocycles. The Kier molecular flexibility index (Phi) is 3.09. The molecule has 0 aliphatic heterocycles. The van der Waals surface area contributed by atoms with Crippen molar-refractivity contribution in [3.63, 3.8) is 0 Å². The van der Waals surface area contributed by atoms with Gasteiger partial charge in [-0.1, -0.05) is 29.5 Å². The van der Waals surface area contributed by atoms with E-state index >= 15 is 0 Å². The van der Waals surface area contributed by atoms with E-state index in [0.29, 0.717) is 16.7 Å². The van der Waals surface area contributed by atoms with E-state index in [1.807, 2.05) is 0 Å². The first kappa shape index (κ1) is 10.9. The highest BCUT2D eigenvalue weighted by molar-refractivity contribution is 7.09. The Balaban J connectivity index is 2.34. The van der Waals surface area contributed by atoms with E-state index in [0.717, 1.165) is 17.1 Å². The van der Waals surface area contributed by atoms with Gasteiger partial charge in [-0.25, -0.2) is 4.39 Å². The summed E-state index contributed by atoms with van der Waals surface area (Å²) in [6.45, 7) is 4.10. The molecule has 0 aliphatic rings. The van der Waals surface area contributed by atoms with Crippen molar-refractivity contribution >= 4 is 22.4 Å². The summed E-state index contributed by atoms with van der Waals surface area (Å²) in [5.74, 6) is 0.0355.